The fourth-order valence-electron chi connectivity index (χ4n) is 2.68. The maximum absolute atomic E-state index is 12.5. The number of hydrogen-bond donors (Lipinski definition) is 3. The van der Waals surface area contributed by atoms with E-state index in [4.69, 9.17) is 21.5 Å². The zero-order chi connectivity index (χ0) is 20.8. The number of aromatic nitrogens is 1. The highest BCUT2D eigenvalue weighted by atomic mass is 35.5. The molecule has 0 atom stereocenters. The van der Waals surface area contributed by atoms with Gasteiger partial charge < -0.3 is 10.1 Å². The van der Waals surface area contributed by atoms with Gasteiger partial charge in [-0.1, -0.05) is 23.7 Å². The van der Waals surface area contributed by atoms with Gasteiger partial charge >= 0.3 is 0 Å². The summed E-state index contributed by atoms with van der Waals surface area (Å²) < 4.78 is 5.15. The van der Waals surface area contributed by atoms with Crippen molar-refractivity contribution in [2.45, 2.75) is 6.54 Å². The molecule has 7 nitrogen and oxygen atoms in total. The lowest BCUT2D eigenvalue weighted by Gasteiger charge is -2.09. The zero-order valence-electron chi connectivity index (χ0n) is 15.5. The molecule has 0 bridgehead atoms. The first-order valence-electron chi connectivity index (χ1n) is 8.63. The molecule has 3 aromatic rings. The molecule has 0 unspecified atom stereocenters. The molecule has 1 heterocycles. The minimum atomic E-state index is -0.594. The van der Waals surface area contributed by atoms with Crippen LogP contribution in [-0.4, -0.2) is 29.1 Å². The van der Waals surface area contributed by atoms with Crippen molar-refractivity contribution >= 4 is 23.4 Å². The number of hydrogen-bond acceptors (Lipinski definition) is 5. The zero-order valence-corrected chi connectivity index (χ0v) is 16.2. The summed E-state index contributed by atoms with van der Waals surface area (Å²) in [6.45, 7) is 0.284. The van der Waals surface area contributed by atoms with E-state index in [1.807, 2.05) is 6.07 Å². The number of methoxy groups -OCH3 is 1. The Morgan fingerprint density at radius 1 is 1.03 bits per heavy atom. The minimum Gasteiger partial charge on any atom is -0.495 e. The third-order valence-corrected chi connectivity index (χ3v) is 4.54. The van der Waals surface area contributed by atoms with Crippen LogP contribution in [0.5, 0.6) is 5.75 Å². The van der Waals surface area contributed by atoms with Crippen molar-refractivity contribution in [1.82, 2.24) is 15.8 Å². The highest BCUT2D eigenvalue weighted by Gasteiger charge is 2.10. The highest BCUT2D eigenvalue weighted by molar-refractivity contribution is 6.32. The van der Waals surface area contributed by atoms with Gasteiger partial charge in [-0.25, -0.2) is 5.48 Å². The van der Waals surface area contributed by atoms with Crippen molar-refractivity contribution in [3.8, 4) is 17.0 Å². The molecule has 3 rings (SSSR count). The van der Waals surface area contributed by atoms with E-state index in [0.717, 1.165) is 11.1 Å². The predicted molar refractivity (Wildman–Crippen MR) is 108 cm³/mol. The third kappa shape index (κ3) is 4.90. The molecule has 3 N–H and O–H groups in total. The van der Waals surface area contributed by atoms with Gasteiger partial charge in [0.1, 0.15) is 5.75 Å². The van der Waals surface area contributed by atoms with E-state index in [1.54, 1.807) is 67.3 Å². The summed E-state index contributed by atoms with van der Waals surface area (Å²) in [5.41, 5.74) is 4.54. The van der Waals surface area contributed by atoms with Crippen LogP contribution in [0.25, 0.3) is 11.3 Å². The Morgan fingerprint density at radius 3 is 2.45 bits per heavy atom. The van der Waals surface area contributed by atoms with Crippen LogP contribution in [0, 0.1) is 0 Å². The van der Waals surface area contributed by atoms with Gasteiger partial charge in [0, 0.05) is 29.4 Å². The number of rotatable bonds is 6. The Hall–Kier alpha value is -3.42. The summed E-state index contributed by atoms with van der Waals surface area (Å²) in [6, 6.07) is 15.1. The largest absolute Gasteiger partial charge is 0.495 e. The van der Waals surface area contributed by atoms with Crippen LogP contribution in [0.3, 0.4) is 0 Å². The monoisotopic (exact) mass is 411 g/mol. The number of benzene rings is 2. The lowest BCUT2D eigenvalue weighted by molar-refractivity contribution is 0.0706. The Labute approximate surface area is 172 Å². The summed E-state index contributed by atoms with van der Waals surface area (Å²) in [6.07, 6.45) is 1.56. The first kappa shape index (κ1) is 20.3. The number of hydroxylamine groups is 1. The molecule has 0 fully saturated rings. The lowest BCUT2D eigenvalue weighted by atomic mass is 10.1. The average Bonchev–Trinajstić information content (AvgIpc) is 2.77. The number of nitrogens with one attached hydrogen (secondary N) is 2. The smallest absolute Gasteiger partial charge is 0.274 e. The Bertz CT molecular complexity index is 1040. The molecule has 0 aliphatic heterocycles. The van der Waals surface area contributed by atoms with E-state index < -0.39 is 5.91 Å². The normalized spacial score (nSPS) is 10.3. The highest BCUT2D eigenvalue weighted by Crippen LogP contribution is 2.29. The average molecular weight is 412 g/mol. The van der Waals surface area contributed by atoms with E-state index >= 15 is 0 Å². The van der Waals surface area contributed by atoms with Gasteiger partial charge in [-0.2, -0.15) is 0 Å². The predicted octanol–water partition coefficient (Wildman–Crippen LogP) is 3.46. The van der Waals surface area contributed by atoms with Crippen molar-refractivity contribution in [1.29, 1.82) is 0 Å². The number of amides is 2. The number of carbonyl (C=O) groups excluding carboxylic acids is 2. The minimum absolute atomic E-state index is 0.259. The molecule has 1 aromatic heterocycles. The molecule has 8 heteroatoms. The van der Waals surface area contributed by atoms with Crippen LogP contribution < -0.4 is 15.5 Å². The molecule has 0 saturated heterocycles. The maximum Gasteiger partial charge on any atom is 0.274 e. The molecular weight excluding hydrogens is 394 g/mol. The number of halogens is 1. The molecule has 0 spiro atoms. The van der Waals surface area contributed by atoms with Crippen molar-refractivity contribution in [3.05, 3.63) is 82.5 Å². The van der Waals surface area contributed by atoms with Gasteiger partial charge in [-0.05, 0) is 48.0 Å². The lowest BCUT2D eigenvalue weighted by Crippen LogP contribution is -2.23. The number of ether oxygens (including phenoxy) is 1. The van der Waals surface area contributed by atoms with Gasteiger partial charge in [0.2, 0.25) is 0 Å². The molecule has 0 aliphatic rings. The molecule has 29 heavy (non-hydrogen) atoms. The Morgan fingerprint density at radius 2 is 1.79 bits per heavy atom. The van der Waals surface area contributed by atoms with Crippen molar-refractivity contribution in [2.75, 3.05) is 7.11 Å². The van der Waals surface area contributed by atoms with Crippen LogP contribution in [0.1, 0.15) is 26.3 Å². The van der Waals surface area contributed by atoms with Crippen molar-refractivity contribution in [3.63, 3.8) is 0 Å². The Kier molecular flexibility index (Phi) is 6.43. The number of carbonyl (C=O) groups is 2. The van der Waals surface area contributed by atoms with E-state index in [1.165, 1.54) is 0 Å². The van der Waals surface area contributed by atoms with Gasteiger partial charge in [-0.15, -0.1) is 0 Å². The molecule has 0 radical (unpaired) electrons. The second kappa shape index (κ2) is 9.18. The first-order valence-corrected chi connectivity index (χ1v) is 9.01. The first-order chi connectivity index (χ1) is 14.0. The van der Waals surface area contributed by atoms with Crippen LogP contribution in [0.4, 0.5) is 0 Å². The van der Waals surface area contributed by atoms with Crippen LogP contribution >= 0.6 is 11.6 Å². The topological polar surface area (TPSA) is 101 Å². The third-order valence-electron chi connectivity index (χ3n) is 4.24. The van der Waals surface area contributed by atoms with Crippen molar-refractivity contribution < 1.29 is 19.5 Å². The second-order valence-electron chi connectivity index (χ2n) is 6.10. The molecule has 148 valence electrons. The summed E-state index contributed by atoms with van der Waals surface area (Å²) in [4.78, 5) is 28.1. The Balaban J connectivity index is 1.69. The quantitative estimate of drug-likeness (QED) is 0.426. The molecule has 2 aromatic carbocycles. The summed E-state index contributed by atoms with van der Waals surface area (Å²) in [5.74, 6) is -0.291. The molecule has 2 amide bonds. The van der Waals surface area contributed by atoms with Crippen molar-refractivity contribution in [2.24, 2.45) is 0 Å². The molecule has 0 saturated carbocycles. The number of nitrogens with zero attached hydrogens (tertiary/aromatic N) is 1. The SMILES string of the molecule is COc1ccc(-c2cc(C(=O)NCc3ccc(C(=O)NO)cc3)ccn2)cc1Cl. The van der Waals surface area contributed by atoms with E-state index in [2.05, 4.69) is 10.3 Å². The fraction of sp³-hybridized carbons (Fsp3) is 0.0952. The number of pyridine rings is 1. The summed E-state index contributed by atoms with van der Waals surface area (Å²) in [7, 11) is 1.54. The van der Waals surface area contributed by atoms with E-state index in [0.29, 0.717) is 27.6 Å². The van der Waals surface area contributed by atoms with Gasteiger partial charge in [-0.3, -0.25) is 19.8 Å². The standard InChI is InChI=1S/C21H18ClN3O4/c1-29-19-7-6-15(10-17(19)22)18-11-16(8-9-23-18)20(26)24-12-13-2-4-14(5-3-13)21(27)25-28/h2-11,28H,12H2,1H3,(H,24,26)(H,25,27). The van der Waals surface area contributed by atoms with Gasteiger partial charge in [0.25, 0.3) is 11.8 Å². The summed E-state index contributed by atoms with van der Waals surface area (Å²) >= 11 is 6.17. The second-order valence-corrected chi connectivity index (χ2v) is 6.51. The maximum atomic E-state index is 12.5. The fourth-order valence-corrected chi connectivity index (χ4v) is 2.94. The van der Waals surface area contributed by atoms with Gasteiger partial charge in [0.15, 0.2) is 0 Å². The van der Waals surface area contributed by atoms with Gasteiger partial charge in [0.05, 0.1) is 17.8 Å². The van der Waals surface area contributed by atoms with Crippen LogP contribution in [0.15, 0.2) is 60.8 Å². The molecule has 0 aliphatic carbocycles. The summed E-state index contributed by atoms with van der Waals surface area (Å²) in [5, 5.41) is 11.9. The van der Waals surface area contributed by atoms with E-state index in [-0.39, 0.29) is 12.5 Å². The molecular formula is C21H18ClN3O4. The van der Waals surface area contributed by atoms with E-state index in [9.17, 15) is 9.59 Å². The van der Waals surface area contributed by atoms with Crippen LogP contribution in [0.2, 0.25) is 5.02 Å². The van der Waals surface area contributed by atoms with Crippen LogP contribution in [-0.2, 0) is 6.54 Å².